The zero-order valence-corrected chi connectivity index (χ0v) is 10.2. The minimum atomic E-state index is -0.253. The molecule has 2 rings (SSSR count). The summed E-state index contributed by atoms with van der Waals surface area (Å²) in [5.41, 5.74) is 9.25. The number of methoxy groups -OCH3 is 2. The molecule has 1 aromatic carbocycles. The number of esters is 1. The van der Waals surface area contributed by atoms with E-state index in [1.807, 2.05) is 12.1 Å². The van der Waals surface area contributed by atoms with E-state index >= 15 is 0 Å². The van der Waals surface area contributed by atoms with Crippen LogP contribution in [0.2, 0.25) is 0 Å². The van der Waals surface area contributed by atoms with Crippen LogP contribution < -0.4 is 10.5 Å². The molecule has 17 heavy (non-hydrogen) atoms. The molecular formula is C13H17NO3. The van der Waals surface area contributed by atoms with Crippen molar-refractivity contribution in [3.63, 3.8) is 0 Å². The molecule has 0 aromatic heterocycles. The number of ether oxygens (including phenoxy) is 2. The van der Waals surface area contributed by atoms with Gasteiger partial charge in [0.15, 0.2) is 0 Å². The van der Waals surface area contributed by atoms with E-state index in [2.05, 4.69) is 0 Å². The van der Waals surface area contributed by atoms with Crippen molar-refractivity contribution < 1.29 is 14.3 Å². The minimum Gasteiger partial charge on any atom is -0.496 e. The van der Waals surface area contributed by atoms with E-state index in [0.29, 0.717) is 0 Å². The maximum Gasteiger partial charge on any atom is 0.310 e. The van der Waals surface area contributed by atoms with Crippen molar-refractivity contribution in [2.75, 3.05) is 14.2 Å². The van der Waals surface area contributed by atoms with Crippen LogP contribution in [-0.4, -0.2) is 26.2 Å². The fourth-order valence-electron chi connectivity index (χ4n) is 2.38. The quantitative estimate of drug-likeness (QED) is 0.788. The molecule has 2 N–H and O–H groups in total. The number of hydrogen-bond acceptors (Lipinski definition) is 4. The fraction of sp³-hybridized carbons (Fsp3) is 0.462. The lowest BCUT2D eigenvalue weighted by Crippen LogP contribution is -2.19. The first kappa shape index (κ1) is 11.9. The Morgan fingerprint density at radius 1 is 1.41 bits per heavy atom. The number of nitrogens with two attached hydrogens (primary N) is 1. The summed E-state index contributed by atoms with van der Waals surface area (Å²) in [7, 11) is 3.00. The summed E-state index contributed by atoms with van der Waals surface area (Å²) >= 11 is 0. The van der Waals surface area contributed by atoms with Crippen molar-refractivity contribution in [1.82, 2.24) is 0 Å². The highest BCUT2D eigenvalue weighted by Gasteiger charge is 2.24. The van der Waals surface area contributed by atoms with Crippen molar-refractivity contribution in [3.05, 3.63) is 28.8 Å². The molecule has 1 atom stereocenters. The number of hydrogen-bond donors (Lipinski definition) is 1. The highest BCUT2D eigenvalue weighted by molar-refractivity contribution is 5.74. The standard InChI is InChI=1S/C13H17NO3/c1-16-12-4-3-8-5-9(14)6-10(8)11(12)7-13(15)17-2/h3-4,9H,5-7,14H2,1-2H3. The van der Waals surface area contributed by atoms with Gasteiger partial charge in [-0.25, -0.2) is 0 Å². The van der Waals surface area contributed by atoms with E-state index < -0.39 is 0 Å². The van der Waals surface area contributed by atoms with E-state index in [1.165, 1.54) is 12.7 Å². The van der Waals surface area contributed by atoms with Crippen LogP contribution in [0.3, 0.4) is 0 Å². The molecule has 1 aliphatic rings. The van der Waals surface area contributed by atoms with Gasteiger partial charge in [-0.15, -0.1) is 0 Å². The first-order valence-corrected chi connectivity index (χ1v) is 5.65. The Labute approximate surface area is 101 Å². The van der Waals surface area contributed by atoms with Gasteiger partial charge >= 0.3 is 5.97 Å². The fourth-order valence-corrected chi connectivity index (χ4v) is 2.38. The maximum atomic E-state index is 11.4. The SMILES string of the molecule is COC(=O)Cc1c(OC)ccc2c1CC(N)C2. The van der Waals surface area contributed by atoms with Crippen LogP contribution in [0, 0.1) is 0 Å². The third kappa shape index (κ3) is 2.26. The van der Waals surface area contributed by atoms with Crippen molar-refractivity contribution >= 4 is 5.97 Å². The minimum absolute atomic E-state index is 0.147. The summed E-state index contributed by atoms with van der Waals surface area (Å²) in [5.74, 6) is 0.487. The summed E-state index contributed by atoms with van der Waals surface area (Å²) in [6.07, 6.45) is 1.92. The largest absolute Gasteiger partial charge is 0.496 e. The van der Waals surface area contributed by atoms with Crippen LogP contribution in [0.15, 0.2) is 12.1 Å². The average molecular weight is 235 g/mol. The number of carbonyl (C=O) groups is 1. The molecule has 0 aliphatic heterocycles. The summed E-state index contributed by atoms with van der Waals surface area (Å²) in [4.78, 5) is 11.4. The second-order valence-electron chi connectivity index (χ2n) is 4.31. The van der Waals surface area contributed by atoms with Gasteiger partial charge in [0.2, 0.25) is 0 Å². The Kier molecular flexibility index (Phi) is 3.33. The molecule has 0 fully saturated rings. The van der Waals surface area contributed by atoms with E-state index in [4.69, 9.17) is 15.2 Å². The second kappa shape index (κ2) is 4.75. The Morgan fingerprint density at radius 3 is 2.82 bits per heavy atom. The molecule has 1 aromatic rings. The van der Waals surface area contributed by atoms with Gasteiger partial charge in [0.05, 0.1) is 20.6 Å². The lowest BCUT2D eigenvalue weighted by Gasteiger charge is -2.12. The van der Waals surface area contributed by atoms with Crippen molar-refractivity contribution in [2.45, 2.75) is 25.3 Å². The number of benzene rings is 1. The third-order valence-electron chi connectivity index (χ3n) is 3.20. The second-order valence-corrected chi connectivity index (χ2v) is 4.31. The highest BCUT2D eigenvalue weighted by Crippen LogP contribution is 2.32. The smallest absolute Gasteiger partial charge is 0.310 e. The van der Waals surface area contributed by atoms with Gasteiger partial charge in [-0.2, -0.15) is 0 Å². The monoisotopic (exact) mass is 235 g/mol. The van der Waals surface area contributed by atoms with Gasteiger partial charge in [-0.3, -0.25) is 4.79 Å². The Bertz CT molecular complexity index is 443. The Hall–Kier alpha value is -1.55. The van der Waals surface area contributed by atoms with Crippen LogP contribution in [0.25, 0.3) is 0 Å². The Balaban J connectivity index is 2.40. The van der Waals surface area contributed by atoms with Crippen LogP contribution in [-0.2, 0) is 28.8 Å². The van der Waals surface area contributed by atoms with Crippen LogP contribution in [0.4, 0.5) is 0 Å². The Morgan fingerprint density at radius 2 is 2.18 bits per heavy atom. The predicted molar refractivity (Wildman–Crippen MR) is 64.1 cm³/mol. The maximum absolute atomic E-state index is 11.4. The van der Waals surface area contributed by atoms with E-state index in [0.717, 1.165) is 29.7 Å². The van der Waals surface area contributed by atoms with Crippen molar-refractivity contribution in [1.29, 1.82) is 0 Å². The zero-order chi connectivity index (χ0) is 12.4. The van der Waals surface area contributed by atoms with Crippen LogP contribution in [0.5, 0.6) is 5.75 Å². The molecule has 1 aliphatic carbocycles. The van der Waals surface area contributed by atoms with Gasteiger partial charge in [0.1, 0.15) is 5.75 Å². The van der Waals surface area contributed by atoms with Crippen LogP contribution in [0.1, 0.15) is 16.7 Å². The molecular weight excluding hydrogens is 218 g/mol. The van der Waals surface area contributed by atoms with Crippen molar-refractivity contribution in [3.8, 4) is 5.75 Å². The molecule has 1 unspecified atom stereocenters. The molecule has 0 saturated heterocycles. The molecule has 0 amide bonds. The lowest BCUT2D eigenvalue weighted by atomic mass is 9.99. The molecule has 0 saturated carbocycles. The molecule has 0 radical (unpaired) electrons. The van der Waals surface area contributed by atoms with E-state index in [-0.39, 0.29) is 18.4 Å². The van der Waals surface area contributed by atoms with E-state index in [9.17, 15) is 4.79 Å². The summed E-state index contributed by atoms with van der Waals surface area (Å²) in [6, 6.07) is 4.07. The van der Waals surface area contributed by atoms with Crippen molar-refractivity contribution in [2.24, 2.45) is 5.73 Å². The van der Waals surface area contributed by atoms with Gasteiger partial charge in [-0.1, -0.05) is 6.07 Å². The van der Waals surface area contributed by atoms with E-state index in [1.54, 1.807) is 7.11 Å². The average Bonchev–Trinajstić information content (AvgIpc) is 2.70. The van der Waals surface area contributed by atoms with Gasteiger partial charge < -0.3 is 15.2 Å². The summed E-state index contributed by atoms with van der Waals surface area (Å²) in [6.45, 7) is 0. The molecule has 0 bridgehead atoms. The van der Waals surface area contributed by atoms with Crippen LogP contribution >= 0.6 is 0 Å². The van der Waals surface area contributed by atoms with Gasteiger partial charge in [0.25, 0.3) is 0 Å². The topological polar surface area (TPSA) is 61.5 Å². The first-order valence-electron chi connectivity index (χ1n) is 5.65. The molecule has 0 spiro atoms. The molecule has 0 heterocycles. The number of rotatable bonds is 3. The van der Waals surface area contributed by atoms with Gasteiger partial charge in [-0.05, 0) is 30.0 Å². The van der Waals surface area contributed by atoms with Gasteiger partial charge in [0, 0.05) is 11.6 Å². The zero-order valence-electron chi connectivity index (χ0n) is 10.2. The highest BCUT2D eigenvalue weighted by atomic mass is 16.5. The summed E-state index contributed by atoms with van der Waals surface area (Å²) in [5, 5.41) is 0. The normalized spacial score (nSPS) is 17.7. The lowest BCUT2D eigenvalue weighted by molar-refractivity contribution is -0.139. The number of carbonyl (C=O) groups excluding carboxylic acids is 1. The predicted octanol–water partition coefficient (Wildman–Crippen LogP) is 0.837. The third-order valence-corrected chi connectivity index (χ3v) is 3.20. The molecule has 4 nitrogen and oxygen atoms in total. The summed E-state index contributed by atoms with van der Waals surface area (Å²) < 4.78 is 10.0. The molecule has 4 heteroatoms. The first-order chi connectivity index (χ1) is 8.15. The number of fused-ring (bicyclic) bond motifs is 1. The molecule has 92 valence electrons.